The summed E-state index contributed by atoms with van der Waals surface area (Å²) in [5.41, 5.74) is 5.39. The van der Waals surface area contributed by atoms with E-state index in [-0.39, 0.29) is 19.1 Å². The van der Waals surface area contributed by atoms with Crippen molar-refractivity contribution in [2.75, 3.05) is 13.2 Å². The highest BCUT2D eigenvalue weighted by atomic mass is 32.1. The van der Waals surface area contributed by atoms with E-state index in [1.165, 1.54) is 0 Å². The van der Waals surface area contributed by atoms with Gasteiger partial charge in [-0.15, -0.1) is 12.6 Å². The first-order chi connectivity index (χ1) is 5.70. The third-order valence-corrected chi connectivity index (χ3v) is 1.17. The third-order valence-electron chi connectivity index (χ3n) is 0.914. The topological polar surface area (TPSA) is 70.6 Å². The first kappa shape index (κ1) is 11.1. The molecule has 68 valence electrons. The summed E-state index contributed by atoms with van der Waals surface area (Å²) in [6.45, 7) is 3.75. The van der Waals surface area contributed by atoms with Gasteiger partial charge in [-0.1, -0.05) is 12.7 Å². The fourth-order valence-electron chi connectivity index (χ4n) is 0.494. The van der Waals surface area contributed by atoms with E-state index in [1.807, 2.05) is 0 Å². The first-order valence-corrected chi connectivity index (χ1v) is 3.85. The predicted octanol–water partition coefficient (Wildman–Crippen LogP) is -0.160. The highest BCUT2D eigenvalue weighted by molar-refractivity contribution is 7.84. The maximum absolute atomic E-state index is 8.41. The number of guanidine groups is 1. The summed E-state index contributed by atoms with van der Waals surface area (Å²) in [5, 5.41) is 11.7. The lowest BCUT2D eigenvalue weighted by molar-refractivity contribution is 0.306. The Morgan fingerprint density at radius 2 is 2.42 bits per heavy atom. The minimum atomic E-state index is -0.0184. The maximum Gasteiger partial charge on any atom is 0.193 e. The molecule has 0 rings (SSSR count). The highest BCUT2D eigenvalue weighted by Gasteiger charge is 1.90. The summed E-state index contributed by atoms with van der Waals surface area (Å²) in [4.78, 5) is 3.77. The quantitative estimate of drug-likeness (QED) is 0.214. The van der Waals surface area contributed by atoms with Crippen molar-refractivity contribution in [3.63, 3.8) is 0 Å². The summed E-state index contributed by atoms with van der Waals surface area (Å²) in [6, 6.07) is 0. The summed E-state index contributed by atoms with van der Waals surface area (Å²) < 4.78 is 0. The van der Waals surface area contributed by atoms with Crippen molar-refractivity contribution < 1.29 is 5.11 Å². The average Bonchev–Trinajstić information content (AvgIpc) is 2.01. The van der Waals surface area contributed by atoms with E-state index in [0.717, 1.165) is 0 Å². The average molecular weight is 187 g/mol. The lowest BCUT2D eigenvalue weighted by Crippen LogP contribution is -2.29. The maximum atomic E-state index is 8.41. The van der Waals surface area contributed by atoms with Crippen molar-refractivity contribution in [3.05, 3.63) is 23.8 Å². The second-order valence-electron chi connectivity index (χ2n) is 1.90. The van der Waals surface area contributed by atoms with Gasteiger partial charge in [0.25, 0.3) is 0 Å². The van der Waals surface area contributed by atoms with Crippen LogP contribution >= 0.6 is 12.6 Å². The van der Waals surface area contributed by atoms with E-state index < -0.39 is 0 Å². The van der Waals surface area contributed by atoms with Crippen LogP contribution in [0.4, 0.5) is 0 Å². The van der Waals surface area contributed by atoms with E-state index in [4.69, 9.17) is 10.8 Å². The van der Waals surface area contributed by atoms with Gasteiger partial charge < -0.3 is 16.2 Å². The molecule has 0 amide bonds. The van der Waals surface area contributed by atoms with Gasteiger partial charge in [0.1, 0.15) is 0 Å². The molecule has 0 aromatic carbocycles. The molecule has 0 aromatic rings. The van der Waals surface area contributed by atoms with Crippen LogP contribution in [0.5, 0.6) is 0 Å². The molecule has 0 saturated heterocycles. The SMILES string of the molecule is C=C/C=C(/S)NC(N)=NCCO. The van der Waals surface area contributed by atoms with Crippen LogP contribution in [0.15, 0.2) is 28.8 Å². The zero-order chi connectivity index (χ0) is 9.40. The van der Waals surface area contributed by atoms with Crippen molar-refractivity contribution >= 4 is 18.6 Å². The third kappa shape index (κ3) is 5.82. The number of allylic oxidation sites excluding steroid dienone is 2. The number of hydrogen-bond donors (Lipinski definition) is 4. The Hall–Kier alpha value is -0.940. The Balaban J connectivity index is 3.90. The molecule has 0 aliphatic rings. The van der Waals surface area contributed by atoms with Gasteiger partial charge in [0.2, 0.25) is 0 Å². The van der Waals surface area contributed by atoms with E-state index in [2.05, 4.69) is 29.5 Å². The number of nitrogens with zero attached hydrogens (tertiary/aromatic N) is 1. The standard InChI is InChI=1S/C7H13N3OS/c1-2-3-6(12)10-7(8)9-4-5-11/h2-3,11-12H,1,4-5H2,(H3,8,9,10)/b6-3+. The number of rotatable bonds is 4. The van der Waals surface area contributed by atoms with Crippen molar-refractivity contribution in [2.45, 2.75) is 0 Å². The summed E-state index contributed by atoms with van der Waals surface area (Å²) in [5.74, 6) is 0.229. The van der Waals surface area contributed by atoms with Crippen molar-refractivity contribution in [2.24, 2.45) is 10.7 Å². The van der Waals surface area contributed by atoms with Gasteiger partial charge in [-0.05, 0) is 6.08 Å². The molecule has 0 radical (unpaired) electrons. The molecule has 0 fully saturated rings. The van der Waals surface area contributed by atoms with E-state index >= 15 is 0 Å². The Labute approximate surface area is 77.3 Å². The van der Waals surface area contributed by atoms with Crippen LogP contribution in [0.1, 0.15) is 0 Å². The molecule has 0 unspecified atom stereocenters. The molecule has 5 heteroatoms. The molecule has 4 N–H and O–H groups in total. The molecule has 12 heavy (non-hydrogen) atoms. The van der Waals surface area contributed by atoms with Crippen LogP contribution in [0.25, 0.3) is 0 Å². The Kier molecular flexibility index (Phi) is 6.22. The molecule has 0 atom stereocenters. The zero-order valence-corrected chi connectivity index (χ0v) is 7.59. The van der Waals surface area contributed by atoms with Gasteiger partial charge >= 0.3 is 0 Å². The molecule has 4 nitrogen and oxygen atoms in total. The lowest BCUT2D eigenvalue weighted by atomic mass is 10.6. The van der Waals surface area contributed by atoms with E-state index in [1.54, 1.807) is 12.2 Å². The number of aliphatic hydroxyl groups excluding tert-OH is 1. The number of hydrogen-bond acceptors (Lipinski definition) is 3. The minimum Gasteiger partial charge on any atom is -0.394 e. The monoisotopic (exact) mass is 187 g/mol. The molecule has 0 aromatic heterocycles. The molecule has 0 spiro atoms. The van der Waals surface area contributed by atoms with Crippen LogP contribution in [0.3, 0.4) is 0 Å². The molecule has 0 saturated carbocycles. The number of aliphatic hydroxyl groups is 1. The number of aliphatic imine (C=N–C) groups is 1. The Bertz CT molecular complexity index is 201. The summed E-state index contributed by atoms with van der Waals surface area (Å²) in [7, 11) is 0. The Morgan fingerprint density at radius 3 is 2.92 bits per heavy atom. The number of nitrogens with two attached hydrogens (primary N) is 1. The second-order valence-corrected chi connectivity index (χ2v) is 2.38. The Morgan fingerprint density at radius 1 is 1.75 bits per heavy atom. The van der Waals surface area contributed by atoms with Gasteiger partial charge in [0, 0.05) is 0 Å². The predicted molar refractivity (Wildman–Crippen MR) is 54.0 cm³/mol. The second kappa shape index (κ2) is 6.75. The highest BCUT2D eigenvalue weighted by Crippen LogP contribution is 1.93. The van der Waals surface area contributed by atoms with Gasteiger partial charge in [-0.3, -0.25) is 4.99 Å². The van der Waals surface area contributed by atoms with Gasteiger partial charge in [-0.2, -0.15) is 0 Å². The van der Waals surface area contributed by atoms with Gasteiger partial charge in [0.15, 0.2) is 5.96 Å². The van der Waals surface area contributed by atoms with Crippen molar-refractivity contribution in [3.8, 4) is 0 Å². The lowest BCUT2D eigenvalue weighted by Gasteiger charge is -2.02. The van der Waals surface area contributed by atoms with Crippen LogP contribution in [0.2, 0.25) is 0 Å². The molecule has 0 aliphatic heterocycles. The zero-order valence-electron chi connectivity index (χ0n) is 6.70. The smallest absolute Gasteiger partial charge is 0.193 e. The summed E-state index contributed by atoms with van der Waals surface area (Å²) in [6.07, 6.45) is 3.22. The van der Waals surface area contributed by atoms with Gasteiger partial charge in [-0.25, -0.2) is 0 Å². The van der Waals surface area contributed by atoms with Gasteiger partial charge in [0.05, 0.1) is 18.2 Å². The van der Waals surface area contributed by atoms with Crippen LogP contribution in [0, 0.1) is 0 Å². The first-order valence-electron chi connectivity index (χ1n) is 3.40. The fourth-order valence-corrected chi connectivity index (χ4v) is 0.714. The van der Waals surface area contributed by atoms with Crippen LogP contribution in [-0.2, 0) is 0 Å². The minimum absolute atomic E-state index is 0.0184. The van der Waals surface area contributed by atoms with E-state index in [0.29, 0.717) is 5.03 Å². The molecule has 0 bridgehead atoms. The van der Waals surface area contributed by atoms with Crippen molar-refractivity contribution in [1.29, 1.82) is 0 Å². The summed E-state index contributed by atoms with van der Waals surface area (Å²) >= 11 is 4.03. The number of thiol groups is 1. The van der Waals surface area contributed by atoms with Crippen LogP contribution in [-0.4, -0.2) is 24.2 Å². The molecular weight excluding hydrogens is 174 g/mol. The largest absolute Gasteiger partial charge is 0.394 e. The molecular formula is C7H13N3OS. The molecule has 0 aliphatic carbocycles. The van der Waals surface area contributed by atoms with E-state index in [9.17, 15) is 0 Å². The van der Waals surface area contributed by atoms with Crippen molar-refractivity contribution in [1.82, 2.24) is 5.32 Å². The van der Waals surface area contributed by atoms with Crippen LogP contribution < -0.4 is 11.1 Å². The molecule has 0 heterocycles. The normalized spacial score (nSPS) is 12.8. The number of nitrogens with one attached hydrogen (secondary N) is 1. The fraction of sp³-hybridized carbons (Fsp3) is 0.286.